The van der Waals surface area contributed by atoms with E-state index in [0.717, 1.165) is 29.5 Å². The molecule has 1 amide bonds. The van der Waals surface area contributed by atoms with E-state index in [9.17, 15) is 4.79 Å². The van der Waals surface area contributed by atoms with Crippen LogP contribution in [-0.2, 0) is 24.3 Å². The summed E-state index contributed by atoms with van der Waals surface area (Å²) in [6.45, 7) is 6.19. The molecule has 0 bridgehead atoms. The van der Waals surface area contributed by atoms with E-state index in [1.54, 1.807) is 0 Å². The first-order valence-electron chi connectivity index (χ1n) is 8.24. The summed E-state index contributed by atoms with van der Waals surface area (Å²) < 4.78 is 4.07. The molecule has 3 aromatic heterocycles. The second-order valence-electron chi connectivity index (χ2n) is 6.47. The van der Waals surface area contributed by atoms with Crippen LogP contribution in [0.15, 0.2) is 30.6 Å². The van der Waals surface area contributed by atoms with Crippen molar-refractivity contribution in [3.63, 3.8) is 0 Å². The fraction of sp³-hybridized carbons (Fsp3) is 0.412. The van der Waals surface area contributed by atoms with Gasteiger partial charge in [0.15, 0.2) is 5.82 Å². The summed E-state index contributed by atoms with van der Waals surface area (Å²) >= 11 is 0. The van der Waals surface area contributed by atoms with Crippen LogP contribution in [0.1, 0.15) is 37.1 Å². The molecule has 1 aliphatic rings. The van der Waals surface area contributed by atoms with Gasteiger partial charge in [0, 0.05) is 31.4 Å². The zero-order valence-corrected chi connectivity index (χ0v) is 13.9. The highest BCUT2D eigenvalue weighted by molar-refractivity contribution is 5.78. The summed E-state index contributed by atoms with van der Waals surface area (Å²) in [5.74, 6) is 2.29. The lowest BCUT2D eigenvalue weighted by Crippen LogP contribution is -2.39. The van der Waals surface area contributed by atoms with E-state index >= 15 is 0 Å². The lowest BCUT2D eigenvalue weighted by atomic mass is 10.2. The van der Waals surface area contributed by atoms with Crippen LogP contribution in [0.5, 0.6) is 0 Å². The van der Waals surface area contributed by atoms with Crippen molar-refractivity contribution in [1.82, 2.24) is 29.0 Å². The highest BCUT2D eigenvalue weighted by Crippen LogP contribution is 2.19. The fourth-order valence-electron chi connectivity index (χ4n) is 3.16. The van der Waals surface area contributed by atoms with Crippen LogP contribution < -0.4 is 0 Å². The van der Waals surface area contributed by atoms with Crippen LogP contribution >= 0.6 is 0 Å². The third-order valence-corrected chi connectivity index (χ3v) is 4.40. The van der Waals surface area contributed by atoms with Crippen molar-refractivity contribution in [2.24, 2.45) is 0 Å². The summed E-state index contributed by atoms with van der Waals surface area (Å²) in [6.07, 6.45) is 4.16. The van der Waals surface area contributed by atoms with Crippen molar-refractivity contribution >= 4 is 11.6 Å². The standard InChI is InChI=1S/C17H20N6O/c1-12(2)17-20-19-15-11-22(7-8-23(15)17)16(24)9-13-10-21-6-4-3-5-14(21)18-13/h3-6,10,12H,7-9,11H2,1-2H3. The van der Waals surface area contributed by atoms with E-state index in [0.29, 0.717) is 25.4 Å². The van der Waals surface area contributed by atoms with Crippen LogP contribution in [0.3, 0.4) is 0 Å². The number of rotatable bonds is 3. The molecular weight excluding hydrogens is 304 g/mol. The number of fused-ring (bicyclic) bond motifs is 2. The summed E-state index contributed by atoms with van der Waals surface area (Å²) in [7, 11) is 0. The van der Waals surface area contributed by atoms with E-state index in [2.05, 4.69) is 33.6 Å². The predicted molar refractivity (Wildman–Crippen MR) is 88.4 cm³/mol. The maximum Gasteiger partial charge on any atom is 0.229 e. The number of carbonyl (C=O) groups is 1. The van der Waals surface area contributed by atoms with Gasteiger partial charge in [0.1, 0.15) is 11.5 Å². The van der Waals surface area contributed by atoms with E-state index < -0.39 is 0 Å². The Morgan fingerprint density at radius 2 is 2.12 bits per heavy atom. The molecular formula is C17H20N6O. The molecule has 0 atom stereocenters. The molecule has 1 aliphatic heterocycles. The van der Waals surface area contributed by atoms with E-state index in [4.69, 9.17) is 0 Å². The second-order valence-corrected chi connectivity index (χ2v) is 6.47. The predicted octanol–water partition coefficient (Wildman–Crippen LogP) is 1.63. The zero-order chi connectivity index (χ0) is 16.7. The molecule has 7 heteroatoms. The molecule has 7 nitrogen and oxygen atoms in total. The average molecular weight is 324 g/mol. The third-order valence-electron chi connectivity index (χ3n) is 4.40. The molecule has 0 unspecified atom stereocenters. The van der Waals surface area contributed by atoms with Crippen LogP contribution in [0, 0.1) is 0 Å². The van der Waals surface area contributed by atoms with Gasteiger partial charge in [-0.05, 0) is 12.1 Å². The molecule has 4 rings (SSSR count). The molecule has 0 saturated carbocycles. The van der Waals surface area contributed by atoms with Crippen molar-refractivity contribution in [2.75, 3.05) is 6.54 Å². The second kappa shape index (κ2) is 5.74. The van der Waals surface area contributed by atoms with E-state index in [1.165, 1.54) is 0 Å². The minimum atomic E-state index is 0.0822. The number of imidazole rings is 1. The molecule has 4 heterocycles. The Labute approximate surface area is 139 Å². The monoisotopic (exact) mass is 324 g/mol. The highest BCUT2D eigenvalue weighted by atomic mass is 16.2. The molecule has 124 valence electrons. The van der Waals surface area contributed by atoms with Gasteiger partial charge in [0.2, 0.25) is 5.91 Å². The van der Waals surface area contributed by atoms with Gasteiger partial charge < -0.3 is 13.9 Å². The Kier molecular flexibility index (Phi) is 3.55. The number of hydrogen-bond acceptors (Lipinski definition) is 4. The first-order valence-corrected chi connectivity index (χ1v) is 8.24. The van der Waals surface area contributed by atoms with Crippen LogP contribution in [0.4, 0.5) is 0 Å². The smallest absolute Gasteiger partial charge is 0.229 e. The van der Waals surface area contributed by atoms with Crippen LogP contribution in [0.25, 0.3) is 5.65 Å². The molecule has 0 N–H and O–H groups in total. The maximum atomic E-state index is 12.6. The van der Waals surface area contributed by atoms with Gasteiger partial charge in [0.05, 0.1) is 18.7 Å². The number of amides is 1. The summed E-state index contributed by atoms with van der Waals surface area (Å²) in [5.41, 5.74) is 1.65. The Bertz CT molecular complexity index is 861. The average Bonchev–Trinajstić information content (AvgIpc) is 3.17. The van der Waals surface area contributed by atoms with Crippen molar-refractivity contribution < 1.29 is 4.79 Å². The van der Waals surface area contributed by atoms with Crippen molar-refractivity contribution in [1.29, 1.82) is 0 Å². The Morgan fingerprint density at radius 3 is 2.92 bits per heavy atom. The minimum absolute atomic E-state index is 0.0822. The van der Waals surface area contributed by atoms with Gasteiger partial charge in [-0.1, -0.05) is 19.9 Å². The maximum absolute atomic E-state index is 12.6. The van der Waals surface area contributed by atoms with Crippen LogP contribution in [0.2, 0.25) is 0 Å². The Hall–Kier alpha value is -2.70. The van der Waals surface area contributed by atoms with Gasteiger partial charge in [-0.25, -0.2) is 4.98 Å². The van der Waals surface area contributed by atoms with E-state index in [-0.39, 0.29) is 5.91 Å². The number of pyridine rings is 1. The molecule has 24 heavy (non-hydrogen) atoms. The molecule has 0 aliphatic carbocycles. The minimum Gasteiger partial charge on any atom is -0.333 e. The highest BCUT2D eigenvalue weighted by Gasteiger charge is 2.25. The summed E-state index contributed by atoms with van der Waals surface area (Å²) in [4.78, 5) is 19.0. The first-order chi connectivity index (χ1) is 11.6. The topological polar surface area (TPSA) is 68.3 Å². The van der Waals surface area contributed by atoms with Crippen molar-refractivity contribution in [3.05, 3.63) is 47.9 Å². The summed E-state index contributed by atoms with van der Waals surface area (Å²) in [5, 5.41) is 8.51. The van der Waals surface area contributed by atoms with Crippen molar-refractivity contribution in [2.45, 2.75) is 39.3 Å². The van der Waals surface area contributed by atoms with E-state index in [1.807, 2.05) is 39.9 Å². The fourth-order valence-corrected chi connectivity index (χ4v) is 3.16. The van der Waals surface area contributed by atoms with Gasteiger partial charge in [-0.15, -0.1) is 10.2 Å². The molecule has 0 saturated heterocycles. The number of aromatic nitrogens is 5. The first kappa shape index (κ1) is 14.9. The molecule has 3 aromatic rings. The van der Waals surface area contributed by atoms with Crippen molar-refractivity contribution in [3.8, 4) is 0 Å². The number of nitrogens with zero attached hydrogens (tertiary/aromatic N) is 6. The largest absolute Gasteiger partial charge is 0.333 e. The lowest BCUT2D eigenvalue weighted by Gasteiger charge is -2.28. The quantitative estimate of drug-likeness (QED) is 0.734. The molecule has 0 aromatic carbocycles. The molecule has 0 fully saturated rings. The van der Waals surface area contributed by atoms with Gasteiger partial charge in [-0.2, -0.15) is 0 Å². The van der Waals surface area contributed by atoms with Gasteiger partial charge >= 0.3 is 0 Å². The van der Waals surface area contributed by atoms with Gasteiger partial charge in [-0.3, -0.25) is 4.79 Å². The van der Waals surface area contributed by atoms with Crippen LogP contribution in [-0.4, -0.2) is 41.5 Å². The lowest BCUT2D eigenvalue weighted by molar-refractivity contribution is -0.132. The number of carbonyl (C=O) groups excluding carboxylic acids is 1. The van der Waals surface area contributed by atoms with Gasteiger partial charge in [0.25, 0.3) is 0 Å². The Morgan fingerprint density at radius 1 is 1.25 bits per heavy atom. The number of hydrogen-bond donors (Lipinski definition) is 0. The zero-order valence-electron chi connectivity index (χ0n) is 13.9. The normalized spacial score (nSPS) is 14.4. The third kappa shape index (κ3) is 2.55. The molecule has 0 radical (unpaired) electrons. The summed E-state index contributed by atoms with van der Waals surface area (Å²) in [6, 6.07) is 5.83. The Balaban J connectivity index is 1.49. The molecule has 0 spiro atoms. The SMILES string of the molecule is CC(C)c1nnc2n1CCN(C(=O)Cc1cn3ccccc3n1)C2.